The van der Waals surface area contributed by atoms with Gasteiger partial charge in [0.05, 0.1) is 5.92 Å². The van der Waals surface area contributed by atoms with Gasteiger partial charge in [0.15, 0.2) is 0 Å². The van der Waals surface area contributed by atoms with E-state index in [1.54, 1.807) is 0 Å². The largest absolute Gasteiger partial charge is 0.354 e. The van der Waals surface area contributed by atoms with Crippen molar-refractivity contribution in [1.29, 1.82) is 0 Å². The van der Waals surface area contributed by atoms with Gasteiger partial charge in [-0.3, -0.25) is 9.59 Å². The van der Waals surface area contributed by atoms with Crippen LogP contribution in [-0.2, 0) is 16.0 Å². The van der Waals surface area contributed by atoms with Crippen molar-refractivity contribution < 1.29 is 9.59 Å². The maximum Gasteiger partial charge on any atom is 0.227 e. The summed E-state index contributed by atoms with van der Waals surface area (Å²) < 4.78 is 0. The van der Waals surface area contributed by atoms with E-state index in [0.717, 1.165) is 23.2 Å². The zero-order chi connectivity index (χ0) is 13.8. The summed E-state index contributed by atoms with van der Waals surface area (Å²) in [5.74, 6) is -0.186. The Balaban J connectivity index is 2.13. The molecule has 0 saturated heterocycles. The average Bonchev–Trinajstić information content (AvgIpc) is 2.43. The van der Waals surface area contributed by atoms with E-state index in [4.69, 9.17) is 5.73 Å². The molecular weight excluding hydrogens is 242 g/mol. The minimum Gasteiger partial charge on any atom is -0.354 e. The van der Waals surface area contributed by atoms with Gasteiger partial charge in [-0.15, -0.1) is 0 Å². The Morgan fingerprint density at radius 3 is 3.00 bits per heavy atom. The van der Waals surface area contributed by atoms with E-state index >= 15 is 0 Å². The molecule has 0 aromatic heterocycles. The number of carbonyl (C=O) groups is 2. The Morgan fingerprint density at radius 2 is 2.26 bits per heavy atom. The molecule has 0 saturated carbocycles. The van der Waals surface area contributed by atoms with Crippen molar-refractivity contribution in [3.05, 3.63) is 29.3 Å². The first kappa shape index (κ1) is 13.5. The standard InChI is InChI=1S/C14H19N3O2/c1-9(14(19)16-7-6-15)10-2-4-12-11(8-10)3-5-13(18)17-12/h2,4,8-9H,3,5-7,15H2,1H3,(H,16,19)(H,17,18). The van der Waals surface area contributed by atoms with Crippen LogP contribution in [0, 0.1) is 0 Å². The van der Waals surface area contributed by atoms with Crippen molar-refractivity contribution in [1.82, 2.24) is 5.32 Å². The summed E-state index contributed by atoms with van der Waals surface area (Å²) in [6.45, 7) is 2.80. The molecule has 1 heterocycles. The SMILES string of the molecule is CC(C(=O)NCCN)c1ccc2c(c1)CCC(=O)N2. The van der Waals surface area contributed by atoms with E-state index in [1.807, 2.05) is 25.1 Å². The molecule has 5 nitrogen and oxygen atoms in total. The number of nitrogens with two attached hydrogens (primary N) is 1. The van der Waals surface area contributed by atoms with Crippen molar-refractivity contribution in [3.63, 3.8) is 0 Å². The van der Waals surface area contributed by atoms with Gasteiger partial charge in [-0.05, 0) is 30.5 Å². The lowest BCUT2D eigenvalue weighted by molar-refractivity contribution is -0.122. The molecule has 5 heteroatoms. The molecule has 1 aromatic carbocycles. The Kier molecular flexibility index (Phi) is 4.16. The number of hydrogen-bond donors (Lipinski definition) is 3. The van der Waals surface area contributed by atoms with Crippen LogP contribution in [-0.4, -0.2) is 24.9 Å². The Morgan fingerprint density at radius 1 is 1.47 bits per heavy atom. The molecule has 0 fully saturated rings. The van der Waals surface area contributed by atoms with Crippen LogP contribution in [0.4, 0.5) is 5.69 Å². The lowest BCUT2D eigenvalue weighted by Gasteiger charge is -2.19. The number of amides is 2. The van der Waals surface area contributed by atoms with Gasteiger partial charge in [0, 0.05) is 25.2 Å². The predicted octanol–water partition coefficient (Wildman–Crippen LogP) is 0.750. The summed E-state index contributed by atoms with van der Waals surface area (Å²) in [5.41, 5.74) is 8.28. The molecular formula is C14H19N3O2. The van der Waals surface area contributed by atoms with Gasteiger partial charge in [0.25, 0.3) is 0 Å². The van der Waals surface area contributed by atoms with E-state index in [1.165, 1.54) is 0 Å². The van der Waals surface area contributed by atoms with Gasteiger partial charge >= 0.3 is 0 Å². The van der Waals surface area contributed by atoms with Gasteiger partial charge in [-0.25, -0.2) is 0 Å². The monoisotopic (exact) mass is 261 g/mol. The highest BCUT2D eigenvalue weighted by molar-refractivity contribution is 5.94. The lowest BCUT2D eigenvalue weighted by atomic mass is 9.94. The van der Waals surface area contributed by atoms with E-state index in [2.05, 4.69) is 10.6 Å². The van der Waals surface area contributed by atoms with Crippen molar-refractivity contribution in [2.75, 3.05) is 18.4 Å². The molecule has 1 aliphatic rings. The van der Waals surface area contributed by atoms with Crippen LogP contribution in [0.3, 0.4) is 0 Å². The van der Waals surface area contributed by atoms with E-state index in [-0.39, 0.29) is 17.7 Å². The van der Waals surface area contributed by atoms with Gasteiger partial charge in [-0.2, -0.15) is 0 Å². The van der Waals surface area contributed by atoms with Crippen LogP contribution >= 0.6 is 0 Å². The molecule has 1 unspecified atom stereocenters. The molecule has 0 spiro atoms. The number of anilines is 1. The Labute approximate surface area is 112 Å². The number of hydrogen-bond acceptors (Lipinski definition) is 3. The quantitative estimate of drug-likeness (QED) is 0.747. The van der Waals surface area contributed by atoms with E-state index < -0.39 is 0 Å². The van der Waals surface area contributed by atoms with Crippen LogP contribution in [0.1, 0.15) is 30.4 Å². The molecule has 0 bridgehead atoms. The van der Waals surface area contributed by atoms with Gasteiger partial charge in [0.1, 0.15) is 0 Å². The summed E-state index contributed by atoms with van der Waals surface area (Å²) in [7, 11) is 0. The molecule has 0 radical (unpaired) electrons. The van der Waals surface area contributed by atoms with Gasteiger partial charge < -0.3 is 16.4 Å². The molecule has 1 aliphatic heterocycles. The molecule has 4 N–H and O–H groups in total. The fourth-order valence-corrected chi connectivity index (χ4v) is 2.17. The minimum atomic E-state index is -0.213. The molecule has 102 valence electrons. The first-order valence-corrected chi connectivity index (χ1v) is 6.52. The molecule has 1 aromatic rings. The molecule has 1 atom stereocenters. The topological polar surface area (TPSA) is 84.2 Å². The number of rotatable bonds is 4. The normalized spacial score (nSPS) is 15.4. The summed E-state index contributed by atoms with van der Waals surface area (Å²) in [6.07, 6.45) is 1.23. The smallest absolute Gasteiger partial charge is 0.227 e. The zero-order valence-corrected chi connectivity index (χ0v) is 11.0. The number of benzene rings is 1. The average molecular weight is 261 g/mol. The van der Waals surface area contributed by atoms with Crippen molar-refractivity contribution in [2.45, 2.75) is 25.7 Å². The molecule has 0 aliphatic carbocycles. The maximum absolute atomic E-state index is 11.9. The fourth-order valence-electron chi connectivity index (χ4n) is 2.17. The summed E-state index contributed by atoms with van der Waals surface area (Å²) in [6, 6.07) is 5.76. The third kappa shape index (κ3) is 3.12. The fraction of sp³-hybridized carbons (Fsp3) is 0.429. The predicted molar refractivity (Wildman–Crippen MR) is 73.9 cm³/mol. The third-order valence-corrected chi connectivity index (χ3v) is 3.36. The lowest BCUT2D eigenvalue weighted by Crippen LogP contribution is -2.32. The van der Waals surface area contributed by atoms with Crippen LogP contribution in [0.2, 0.25) is 0 Å². The molecule has 2 rings (SSSR count). The van der Waals surface area contributed by atoms with Crippen molar-refractivity contribution in [3.8, 4) is 0 Å². The second-order valence-corrected chi connectivity index (χ2v) is 4.77. The van der Waals surface area contributed by atoms with Crippen LogP contribution in [0.25, 0.3) is 0 Å². The highest BCUT2D eigenvalue weighted by atomic mass is 16.2. The summed E-state index contributed by atoms with van der Waals surface area (Å²) in [5, 5.41) is 5.62. The van der Waals surface area contributed by atoms with Crippen molar-refractivity contribution >= 4 is 17.5 Å². The maximum atomic E-state index is 11.9. The summed E-state index contributed by atoms with van der Waals surface area (Å²) >= 11 is 0. The van der Waals surface area contributed by atoms with E-state index in [0.29, 0.717) is 19.5 Å². The zero-order valence-electron chi connectivity index (χ0n) is 11.0. The van der Waals surface area contributed by atoms with Crippen LogP contribution < -0.4 is 16.4 Å². The first-order valence-electron chi connectivity index (χ1n) is 6.52. The molecule has 19 heavy (non-hydrogen) atoms. The number of carbonyl (C=O) groups excluding carboxylic acids is 2. The molecule has 2 amide bonds. The van der Waals surface area contributed by atoms with Crippen molar-refractivity contribution in [2.24, 2.45) is 5.73 Å². The van der Waals surface area contributed by atoms with Gasteiger partial charge in [0.2, 0.25) is 11.8 Å². The highest BCUT2D eigenvalue weighted by Crippen LogP contribution is 2.26. The third-order valence-electron chi connectivity index (χ3n) is 3.36. The van der Waals surface area contributed by atoms with Crippen LogP contribution in [0.15, 0.2) is 18.2 Å². The Bertz CT molecular complexity index is 499. The highest BCUT2D eigenvalue weighted by Gasteiger charge is 2.19. The number of aryl methyl sites for hydroxylation is 1. The minimum absolute atomic E-state index is 0.0229. The number of fused-ring (bicyclic) bond motifs is 1. The number of nitrogens with one attached hydrogen (secondary N) is 2. The van der Waals surface area contributed by atoms with Gasteiger partial charge in [-0.1, -0.05) is 12.1 Å². The second-order valence-electron chi connectivity index (χ2n) is 4.77. The second kappa shape index (κ2) is 5.84. The van der Waals surface area contributed by atoms with Crippen LogP contribution in [0.5, 0.6) is 0 Å². The van der Waals surface area contributed by atoms with E-state index in [9.17, 15) is 9.59 Å². The summed E-state index contributed by atoms with van der Waals surface area (Å²) in [4.78, 5) is 23.2. The first-order chi connectivity index (χ1) is 9.11. The Hall–Kier alpha value is -1.88.